The minimum absolute atomic E-state index is 0.0211. The summed E-state index contributed by atoms with van der Waals surface area (Å²) in [6, 6.07) is 18.1. The molecule has 1 saturated heterocycles. The first-order valence-electron chi connectivity index (χ1n) is 10.7. The molecule has 2 heterocycles. The highest BCUT2D eigenvalue weighted by Gasteiger charge is 2.24. The average molecular weight is 453 g/mol. The van der Waals surface area contributed by atoms with Crippen LogP contribution in [0.25, 0.3) is 11.4 Å². The first-order chi connectivity index (χ1) is 15.6. The minimum Gasteiger partial charge on any atom is -0.494 e. The highest BCUT2D eigenvalue weighted by Crippen LogP contribution is 2.23. The summed E-state index contributed by atoms with van der Waals surface area (Å²) in [4.78, 5) is 14.8. The molecule has 2 aromatic carbocycles. The number of benzene rings is 2. The number of thioether (sulfide) groups is 1. The topological polar surface area (TPSA) is 98.3 Å². The van der Waals surface area contributed by atoms with Crippen LogP contribution in [-0.4, -0.2) is 57.2 Å². The van der Waals surface area contributed by atoms with Gasteiger partial charge in [0.2, 0.25) is 11.1 Å². The fourth-order valence-electron chi connectivity index (χ4n) is 3.77. The van der Waals surface area contributed by atoms with Crippen LogP contribution in [0.15, 0.2) is 59.8 Å². The monoisotopic (exact) mass is 452 g/mol. The van der Waals surface area contributed by atoms with Crippen LogP contribution in [0.4, 0.5) is 0 Å². The molecule has 4 rings (SSSR count). The molecule has 1 atom stereocenters. The molecular weight excluding hydrogens is 424 g/mol. The van der Waals surface area contributed by atoms with Crippen molar-refractivity contribution in [1.82, 2.24) is 25.1 Å². The normalized spacial score (nSPS) is 16.2. The number of nitrogens with zero attached hydrogens (tertiary/aromatic N) is 4. The van der Waals surface area contributed by atoms with Crippen molar-refractivity contribution in [2.75, 3.05) is 31.3 Å². The molecule has 0 saturated carbocycles. The molecule has 9 heteroatoms. The van der Waals surface area contributed by atoms with Crippen molar-refractivity contribution in [3.8, 4) is 17.1 Å². The van der Waals surface area contributed by atoms with E-state index in [-0.39, 0.29) is 17.7 Å². The number of aromatic nitrogens is 3. The molecule has 1 aliphatic heterocycles. The van der Waals surface area contributed by atoms with Gasteiger partial charge in [-0.2, -0.15) is 0 Å². The molecule has 0 spiro atoms. The zero-order chi connectivity index (χ0) is 22.3. The SMILES string of the molecule is CCOc1ccc(-c2nnc(SCC(=O)NC3CCN(Cc4ccccc4)C3)n2N)cc1. The van der Waals surface area contributed by atoms with Gasteiger partial charge in [-0.15, -0.1) is 10.2 Å². The summed E-state index contributed by atoms with van der Waals surface area (Å²) >= 11 is 1.28. The van der Waals surface area contributed by atoms with E-state index in [1.54, 1.807) is 0 Å². The van der Waals surface area contributed by atoms with Gasteiger partial charge < -0.3 is 15.9 Å². The van der Waals surface area contributed by atoms with Gasteiger partial charge in [0.25, 0.3) is 0 Å². The lowest BCUT2D eigenvalue weighted by atomic mass is 10.2. The molecule has 3 N–H and O–H groups in total. The van der Waals surface area contributed by atoms with Crippen LogP contribution in [0, 0.1) is 0 Å². The number of hydrogen-bond acceptors (Lipinski definition) is 7. The zero-order valence-corrected chi connectivity index (χ0v) is 18.9. The molecule has 1 amide bonds. The second kappa shape index (κ2) is 10.5. The second-order valence-corrected chi connectivity index (χ2v) is 8.64. The molecule has 0 aliphatic carbocycles. The third-order valence-corrected chi connectivity index (χ3v) is 6.25. The van der Waals surface area contributed by atoms with Crippen LogP contribution in [0.3, 0.4) is 0 Å². The maximum atomic E-state index is 12.5. The van der Waals surface area contributed by atoms with Crippen LogP contribution in [0.1, 0.15) is 18.9 Å². The zero-order valence-electron chi connectivity index (χ0n) is 18.1. The van der Waals surface area contributed by atoms with E-state index in [1.165, 1.54) is 22.0 Å². The van der Waals surface area contributed by atoms with Crippen molar-refractivity contribution in [1.29, 1.82) is 0 Å². The smallest absolute Gasteiger partial charge is 0.230 e. The highest BCUT2D eigenvalue weighted by atomic mass is 32.2. The van der Waals surface area contributed by atoms with Crippen molar-refractivity contribution in [3.05, 3.63) is 60.2 Å². The number of carbonyl (C=O) groups is 1. The van der Waals surface area contributed by atoms with Gasteiger partial charge in [0.05, 0.1) is 12.4 Å². The van der Waals surface area contributed by atoms with E-state index in [4.69, 9.17) is 10.6 Å². The number of amides is 1. The molecule has 3 aromatic rings. The molecular formula is C23H28N6O2S. The van der Waals surface area contributed by atoms with E-state index in [0.717, 1.165) is 37.4 Å². The molecule has 1 aromatic heterocycles. The number of nitrogens with one attached hydrogen (secondary N) is 1. The van der Waals surface area contributed by atoms with Crippen LogP contribution >= 0.6 is 11.8 Å². The second-order valence-electron chi connectivity index (χ2n) is 7.70. The summed E-state index contributed by atoms with van der Waals surface area (Å²) in [5.41, 5.74) is 2.13. The Hall–Kier alpha value is -3.04. The molecule has 0 radical (unpaired) electrons. The average Bonchev–Trinajstić information content (AvgIpc) is 3.40. The van der Waals surface area contributed by atoms with E-state index in [9.17, 15) is 4.79 Å². The first-order valence-corrected chi connectivity index (χ1v) is 11.7. The lowest BCUT2D eigenvalue weighted by Gasteiger charge is -2.16. The predicted octanol–water partition coefficient (Wildman–Crippen LogP) is 2.54. The minimum atomic E-state index is -0.0211. The Morgan fingerprint density at radius 3 is 2.72 bits per heavy atom. The standard InChI is InChI=1S/C23H28N6O2S/c1-2-31-20-10-8-18(9-11-20)22-26-27-23(29(22)24)32-16-21(30)25-19-12-13-28(15-19)14-17-6-4-3-5-7-17/h3-11,19H,2,12-16,24H2,1H3,(H,25,30). The Morgan fingerprint density at radius 1 is 1.19 bits per heavy atom. The number of rotatable bonds is 9. The van der Waals surface area contributed by atoms with Crippen molar-refractivity contribution < 1.29 is 9.53 Å². The summed E-state index contributed by atoms with van der Waals surface area (Å²) < 4.78 is 6.88. The van der Waals surface area contributed by atoms with E-state index >= 15 is 0 Å². The summed E-state index contributed by atoms with van der Waals surface area (Å²) in [5, 5.41) is 12.0. The third-order valence-electron chi connectivity index (χ3n) is 5.31. The predicted molar refractivity (Wildman–Crippen MR) is 126 cm³/mol. The Kier molecular flexibility index (Phi) is 7.28. The summed E-state index contributed by atoms with van der Waals surface area (Å²) in [7, 11) is 0. The maximum Gasteiger partial charge on any atom is 0.230 e. The van der Waals surface area contributed by atoms with E-state index in [1.807, 2.05) is 37.3 Å². The van der Waals surface area contributed by atoms with Gasteiger partial charge in [0.1, 0.15) is 5.75 Å². The van der Waals surface area contributed by atoms with Gasteiger partial charge in [-0.25, -0.2) is 4.68 Å². The lowest BCUT2D eigenvalue weighted by Crippen LogP contribution is -2.38. The first kappa shape index (κ1) is 22.2. The van der Waals surface area contributed by atoms with Crippen LogP contribution in [0.2, 0.25) is 0 Å². The number of hydrogen-bond donors (Lipinski definition) is 2. The number of nitrogen functional groups attached to an aromatic ring is 1. The van der Waals surface area contributed by atoms with Crippen molar-refractivity contribution in [2.45, 2.75) is 31.1 Å². The number of nitrogens with two attached hydrogens (primary N) is 1. The van der Waals surface area contributed by atoms with Crippen molar-refractivity contribution >= 4 is 17.7 Å². The maximum absolute atomic E-state index is 12.5. The molecule has 1 unspecified atom stereocenters. The van der Waals surface area contributed by atoms with Gasteiger partial charge in [0.15, 0.2) is 5.82 Å². The summed E-state index contributed by atoms with van der Waals surface area (Å²) in [6.07, 6.45) is 0.957. The van der Waals surface area contributed by atoms with Gasteiger partial charge in [0, 0.05) is 31.2 Å². The largest absolute Gasteiger partial charge is 0.494 e. The fraction of sp³-hybridized carbons (Fsp3) is 0.348. The molecule has 32 heavy (non-hydrogen) atoms. The quantitative estimate of drug-likeness (QED) is 0.380. The van der Waals surface area contributed by atoms with Crippen molar-refractivity contribution in [2.24, 2.45) is 0 Å². The van der Waals surface area contributed by atoms with Gasteiger partial charge >= 0.3 is 0 Å². The molecule has 168 valence electrons. The molecule has 0 bridgehead atoms. The highest BCUT2D eigenvalue weighted by molar-refractivity contribution is 7.99. The Labute approximate surface area is 192 Å². The van der Waals surface area contributed by atoms with Crippen LogP contribution in [-0.2, 0) is 11.3 Å². The Bertz CT molecular complexity index is 1020. The number of likely N-dealkylation sites (tertiary alicyclic amines) is 1. The van der Waals surface area contributed by atoms with E-state index < -0.39 is 0 Å². The van der Waals surface area contributed by atoms with E-state index in [2.05, 4.69) is 44.7 Å². The molecule has 1 aliphatic rings. The Balaban J connectivity index is 1.25. The van der Waals surface area contributed by atoms with Gasteiger partial charge in [-0.1, -0.05) is 42.1 Å². The lowest BCUT2D eigenvalue weighted by molar-refractivity contribution is -0.119. The molecule has 1 fully saturated rings. The van der Waals surface area contributed by atoms with Crippen molar-refractivity contribution in [3.63, 3.8) is 0 Å². The Morgan fingerprint density at radius 2 is 1.97 bits per heavy atom. The van der Waals surface area contributed by atoms with Gasteiger partial charge in [-0.3, -0.25) is 9.69 Å². The fourth-order valence-corrected chi connectivity index (χ4v) is 4.44. The number of ether oxygens (including phenoxy) is 1. The van der Waals surface area contributed by atoms with E-state index in [0.29, 0.717) is 17.6 Å². The number of carbonyl (C=O) groups excluding carboxylic acids is 1. The van der Waals surface area contributed by atoms with Crippen LogP contribution < -0.4 is 15.9 Å². The summed E-state index contributed by atoms with van der Waals surface area (Å²) in [6.45, 7) is 5.31. The van der Waals surface area contributed by atoms with Crippen LogP contribution in [0.5, 0.6) is 5.75 Å². The third kappa shape index (κ3) is 5.60. The molecule has 8 nitrogen and oxygen atoms in total. The van der Waals surface area contributed by atoms with Gasteiger partial charge in [-0.05, 0) is 43.2 Å². The summed E-state index contributed by atoms with van der Waals surface area (Å²) in [5.74, 6) is 7.73.